The number of carbonyl (C=O) groups excluding carboxylic acids is 1. The number of methoxy groups -OCH3 is 1. The van der Waals surface area contributed by atoms with Gasteiger partial charge in [0.25, 0.3) is 0 Å². The van der Waals surface area contributed by atoms with E-state index in [0.717, 1.165) is 0 Å². The maximum absolute atomic E-state index is 12.1. The molecule has 0 spiro atoms. The van der Waals surface area contributed by atoms with Crippen molar-refractivity contribution in [1.82, 2.24) is 0 Å². The first-order chi connectivity index (χ1) is 7.94. The molecule has 0 saturated heterocycles. The van der Waals surface area contributed by atoms with Gasteiger partial charge in [-0.1, -0.05) is 30.3 Å². The third kappa shape index (κ3) is 2.35. The lowest BCUT2D eigenvalue weighted by molar-refractivity contribution is -0.145. The zero-order chi connectivity index (χ0) is 13.1. The summed E-state index contributed by atoms with van der Waals surface area (Å²) in [5.41, 5.74) is 3.87. The van der Waals surface area contributed by atoms with Crippen molar-refractivity contribution in [3.05, 3.63) is 35.9 Å². The number of carbonyl (C=O) groups is 2. The number of carboxylic acids is 1. The number of Topliss-reactive ketones (excluding diaryl/α,β-unsaturated/α-hetero) is 1. The van der Waals surface area contributed by atoms with Crippen LogP contribution in [0.15, 0.2) is 30.3 Å². The Balaban J connectivity index is 3.18. The third-order valence-electron chi connectivity index (χ3n) is 2.76. The monoisotopic (exact) mass is 237 g/mol. The molecule has 5 heteroatoms. The van der Waals surface area contributed by atoms with E-state index < -0.39 is 23.4 Å². The molecule has 0 aliphatic heterocycles. The second kappa shape index (κ2) is 5.07. The Hall–Kier alpha value is -1.72. The van der Waals surface area contributed by atoms with Crippen LogP contribution < -0.4 is 5.73 Å². The van der Waals surface area contributed by atoms with Crippen LogP contribution in [0.2, 0.25) is 0 Å². The van der Waals surface area contributed by atoms with Crippen LogP contribution in [0.3, 0.4) is 0 Å². The molecule has 0 saturated carbocycles. The SMILES string of the molecule is COC(C)C(N)(C(=O)O)C(=O)c1ccccc1. The lowest BCUT2D eigenvalue weighted by Gasteiger charge is -2.28. The van der Waals surface area contributed by atoms with Crippen LogP contribution >= 0.6 is 0 Å². The summed E-state index contributed by atoms with van der Waals surface area (Å²) in [6, 6.07) is 8.07. The second-order valence-electron chi connectivity index (χ2n) is 3.75. The molecule has 0 fully saturated rings. The Bertz CT molecular complexity index is 418. The normalized spacial score (nSPS) is 15.9. The highest BCUT2D eigenvalue weighted by Gasteiger charge is 2.48. The molecule has 0 aromatic heterocycles. The Morgan fingerprint density at radius 2 is 1.88 bits per heavy atom. The van der Waals surface area contributed by atoms with E-state index in [9.17, 15) is 9.59 Å². The molecule has 2 unspecified atom stereocenters. The zero-order valence-corrected chi connectivity index (χ0v) is 9.71. The van der Waals surface area contributed by atoms with Crippen LogP contribution in [0, 0.1) is 0 Å². The number of aliphatic carboxylic acids is 1. The van der Waals surface area contributed by atoms with Crippen molar-refractivity contribution in [2.45, 2.75) is 18.6 Å². The van der Waals surface area contributed by atoms with Crippen LogP contribution in [0.4, 0.5) is 0 Å². The summed E-state index contributed by atoms with van der Waals surface area (Å²) >= 11 is 0. The van der Waals surface area contributed by atoms with Crippen LogP contribution in [-0.4, -0.2) is 35.6 Å². The Morgan fingerprint density at radius 1 is 1.35 bits per heavy atom. The molecular formula is C12H15NO4. The fourth-order valence-corrected chi connectivity index (χ4v) is 1.47. The first kappa shape index (κ1) is 13.3. The predicted octanol–water partition coefficient (Wildman–Crippen LogP) is 0.686. The third-order valence-corrected chi connectivity index (χ3v) is 2.76. The Kier molecular flexibility index (Phi) is 3.98. The number of hydrogen-bond donors (Lipinski definition) is 2. The molecule has 0 bridgehead atoms. The summed E-state index contributed by atoms with van der Waals surface area (Å²) in [6.07, 6.45) is -0.923. The first-order valence-electron chi connectivity index (χ1n) is 5.09. The number of ether oxygens (including phenoxy) is 1. The minimum atomic E-state index is -2.07. The molecule has 1 rings (SSSR count). The van der Waals surface area contributed by atoms with E-state index in [4.69, 9.17) is 15.6 Å². The minimum absolute atomic E-state index is 0.251. The van der Waals surface area contributed by atoms with Crippen LogP contribution in [0.5, 0.6) is 0 Å². The van der Waals surface area contributed by atoms with Gasteiger partial charge >= 0.3 is 5.97 Å². The highest BCUT2D eigenvalue weighted by molar-refractivity contribution is 6.16. The molecule has 1 aromatic rings. The fourth-order valence-electron chi connectivity index (χ4n) is 1.47. The second-order valence-corrected chi connectivity index (χ2v) is 3.75. The minimum Gasteiger partial charge on any atom is -0.479 e. The van der Waals surface area contributed by atoms with E-state index in [-0.39, 0.29) is 5.56 Å². The Morgan fingerprint density at radius 3 is 2.29 bits per heavy atom. The van der Waals surface area contributed by atoms with E-state index >= 15 is 0 Å². The van der Waals surface area contributed by atoms with Crippen molar-refractivity contribution in [2.75, 3.05) is 7.11 Å². The molecule has 5 nitrogen and oxygen atoms in total. The smallest absolute Gasteiger partial charge is 0.334 e. The lowest BCUT2D eigenvalue weighted by Crippen LogP contribution is -2.62. The summed E-state index contributed by atoms with van der Waals surface area (Å²) in [5.74, 6) is -2.07. The molecular weight excluding hydrogens is 222 g/mol. The molecule has 1 aromatic carbocycles. The van der Waals surface area contributed by atoms with Crippen molar-refractivity contribution < 1.29 is 19.4 Å². The topological polar surface area (TPSA) is 89.6 Å². The summed E-state index contributed by atoms with van der Waals surface area (Å²) in [6.45, 7) is 1.45. The van der Waals surface area contributed by atoms with Gasteiger partial charge in [-0.15, -0.1) is 0 Å². The molecule has 92 valence electrons. The average molecular weight is 237 g/mol. The zero-order valence-electron chi connectivity index (χ0n) is 9.71. The molecule has 0 aliphatic carbocycles. The number of rotatable bonds is 5. The molecule has 0 heterocycles. The molecule has 0 aliphatic rings. The van der Waals surface area contributed by atoms with Gasteiger partial charge in [0.2, 0.25) is 5.54 Å². The van der Waals surface area contributed by atoms with Crippen LogP contribution in [-0.2, 0) is 9.53 Å². The maximum Gasteiger partial charge on any atom is 0.334 e. The van der Waals surface area contributed by atoms with E-state index in [0.29, 0.717) is 0 Å². The maximum atomic E-state index is 12.1. The van der Waals surface area contributed by atoms with Crippen molar-refractivity contribution in [3.63, 3.8) is 0 Å². The van der Waals surface area contributed by atoms with Gasteiger partial charge in [-0.3, -0.25) is 4.79 Å². The van der Waals surface area contributed by atoms with E-state index in [1.54, 1.807) is 18.2 Å². The van der Waals surface area contributed by atoms with Gasteiger partial charge in [-0.25, -0.2) is 4.79 Å². The van der Waals surface area contributed by atoms with Gasteiger partial charge in [-0.05, 0) is 6.92 Å². The number of hydrogen-bond acceptors (Lipinski definition) is 4. The Labute approximate surface area is 99.2 Å². The quantitative estimate of drug-likeness (QED) is 0.580. The number of nitrogens with two attached hydrogens (primary N) is 1. The first-order valence-corrected chi connectivity index (χ1v) is 5.09. The molecule has 0 amide bonds. The van der Waals surface area contributed by atoms with E-state index in [1.165, 1.54) is 26.2 Å². The van der Waals surface area contributed by atoms with E-state index in [2.05, 4.69) is 0 Å². The predicted molar refractivity (Wildman–Crippen MR) is 61.8 cm³/mol. The van der Waals surface area contributed by atoms with Crippen molar-refractivity contribution >= 4 is 11.8 Å². The van der Waals surface area contributed by atoms with Gasteiger partial charge in [0.1, 0.15) is 0 Å². The summed E-state index contributed by atoms with van der Waals surface area (Å²) in [4.78, 5) is 23.3. The average Bonchev–Trinajstić information content (AvgIpc) is 2.36. The van der Waals surface area contributed by atoms with Crippen LogP contribution in [0.1, 0.15) is 17.3 Å². The highest BCUT2D eigenvalue weighted by atomic mass is 16.5. The molecule has 2 atom stereocenters. The van der Waals surface area contributed by atoms with Crippen molar-refractivity contribution in [3.8, 4) is 0 Å². The van der Waals surface area contributed by atoms with Gasteiger partial charge in [0.15, 0.2) is 5.78 Å². The highest BCUT2D eigenvalue weighted by Crippen LogP contribution is 2.17. The molecule has 0 radical (unpaired) electrons. The van der Waals surface area contributed by atoms with Gasteiger partial charge in [0, 0.05) is 12.7 Å². The summed E-state index contributed by atoms with van der Waals surface area (Å²) in [5, 5.41) is 9.14. The number of ketones is 1. The summed E-state index contributed by atoms with van der Waals surface area (Å²) < 4.78 is 4.89. The standard InChI is InChI=1S/C12H15NO4/c1-8(17-2)12(13,11(15)16)10(14)9-6-4-3-5-7-9/h3-8H,13H2,1-2H3,(H,15,16). The molecule has 17 heavy (non-hydrogen) atoms. The summed E-state index contributed by atoms with van der Waals surface area (Å²) in [7, 11) is 1.31. The van der Waals surface area contributed by atoms with Crippen molar-refractivity contribution in [1.29, 1.82) is 0 Å². The van der Waals surface area contributed by atoms with Crippen molar-refractivity contribution in [2.24, 2.45) is 5.73 Å². The number of carboxylic acid groups (broad SMARTS) is 1. The van der Waals surface area contributed by atoms with Gasteiger partial charge < -0.3 is 15.6 Å². The number of benzene rings is 1. The molecule has 3 N–H and O–H groups in total. The lowest BCUT2D eigenvalue weighted by atomic mass is 9.85. The van der Waals surface area contributed by atoms with E-state index in [1.807, 2.05) is 0 Å². The van der Waals surface area contributed by atoms with Gasteiger partial charge in [-0.2, -0.15) is 0 Å². The van der Waals surface area contributed by atoms with Gasteiger partial charge in [0.05, 0.1) is 6.10 Å². The largest absolute Gasteiger partial charge is 0.479 e. The fraction of sp³-hybridized carbons (Fsp3) is 0.333. The van der Waals surface area contributed by atoms with Crippen LogP contribution in [0.25, 0.3) is 0 Å².